The van der Waals surface area contributed by atoms with Gasteiger partial charge in [-0.1, -0.05) is 58.9 Å². The molecular formula is C38H62O9. The lowest BCUT2D eigenvalue weighted by atomic mass is 9.38. The topological polar surface area (TPSA) is 127 Å². The first kappa shape index (κ1) is 35.9. The van der Waals surface area contributed by atoms with E-state index in [4.69, 9.17) is 23.7 Å². The van der Waals surface area contributed by atoms with Gasteiger partial charge >= 0.3 is 0 Å². The van der Waals surface area contributed by atoms with Crippen LogP contribution in [0.2, 0.25) is 0 Å². The molecule has 2 bridgehead atoms. The van der Waals surface area contributed by atoms with E-state index in [1.54, 1.807) is 14.2 Å². The summed E-state index contributed by atoms with van der Waals surface area (Å²) in [5.74, 6) is 1.75. The summed E-state index contributed by atoms with van der Waals surface area (Å²) < 4.78 is 31.4. The molecule has 2 aliphatic heterocycles. The highest BCUT2D eigenvalue weighted by Gasteiger charge is 2.78. The molecule has 0 aromatic rings. The van der Waals surface area contributed by atoms with Crippen LogP contribution < -0.4 is 0 Å². The lowest BCUT2D eigenvalue weighted by molar-refractivity contribution is -0.331. The summed E-state index contributed by atoms with van der Waals surface area (Å²) in [6.45, 7) is 15.6. The first-order valence-corrected chi connectivity index (χ1v) is 18.1. The van der Waals surface area contributed by atoms with Gasteiger partial charge in [-0.25, -0.2) is 0 Å². The van der Waals surface area contributed by atoms with Crippen molar-refractivity contribution in [3.05, 3.63) is 24.3 Å². The van der Waals surface area contributed by atoms with Crippen LogP contribution in [0.4, 0.5) is 0 Å². The molecule has 9 nitrogen and oxygen atoms in total. The van der Waals surface area contributed by atoms with Gasteiger partial charge in [0.05, 0.1) is 18.3 Å². The molecule has 47 heavy (non-hydrogen) atoms. The molecule has 0 radical (unpaired) electrons. The Morgan fingerprint density at radius 3 is 2.34 bits per heavy atom. The fraction of sp³-hybridized carbons (Fsp3) is 0.895. The lowest BCUT2D eigenvalue weighted by Gasteiger charge is -2.65. The Bertz CT molecular complexity index is 1220. The monoisotopic (exact) mass is 662 g/mol. The van der Waals surface area contributed by atoms with E-state index in [0.29, 0.717) is 17.8 Å². The molecule has 9 heteroatoms. The average molecular weight is 663 g/mol. The van der Waals surface area contributed by atoms with Crippen molar-refractivity contribution < 1.29 is 44.1 Å². The van der Waals surface area contributed by atoms with E-state index in [2.05, 4.69) is 72.8 Å². The molecule has 6 rings (SSSR count). The van der Waals surface area contributed by atoms with Crippen LogP contribution in [0.15, 0.2) is 24.3 Å². The zero-order valence-electron chi connectivity index (χ0n) is 30.1. The SMILES string of the molecule is CO[C@@H]1O[C@@]23C=C[C@@H]4C1(CC[C@]1(C)[C@@H]([C@H](C)C/C=C/C(C)(C)OC)CC[C@@]41C)[C@@H]2CC[C@H](O[C@@H]1O[C@H](CO)[C@@H](O)[C@H](O)[C@H]1O)C3(C)C. The van der Waals surface area contributed by atoms with Crippen LogP contribution in [0, 0.1) is 45.3 Å². The van der Waals surface area contributed by atoms with Gasteiger partial charge in [0.1, 0.15) is 30.0 Å². The van der Waals surface area contributed by atoms with Crippen LogP contribution >= 0.6 is 0 Å². The molecule has 4 N–H and O–H groups in total. The molecular weight excluding hydrogens is 600 g/mol. The van der Waals surface area contributed by atoms with Crippen molar-refractivity contribution in [3.8, 4) is 0 Å². The number of rotatable bonds is 9. The molecule has 2 saturated heterocycles. The predicted molar refractivity (Wildman–Crippen MR) is 177 cm³/mol. The third kappa shape index (κ3) is 4.95. The van der Waals surface area contributed by atoms with Crippen LogP contribution in [0.1, 0.15) is 93.4 Å². The molecule has 0 aromatic heterocycles. The summed E-state index contributed by atoms with van der Waals surface area (Å²) in [5.41, 5.74) is -1.31. The van der Waals surface area contributed by atoms with Crippen molar-refractivity contribution in [1.29, 1.82) is 0 Å². The molecule has 1 spiro atoms. The smallest absolute Gasteiger partial charge is 0.186 e. The van der Waals surface area contributed by atoms with Gasteiger partial charge in [-0.3, -0.25) is 0 Å². The number of allylic oxidation sites excluding steroid dienone is 2. The minimum Gasteiger partial charge on any atom is -0.394 e. The Kier molecular flexibility index (Phi) is 9.27. The van der Waals surface area contributed by atoms with Crippen molar-refractivity contribution in [2.75, 3.05) is 20.8 Å². The highest BCUT2D eigenvalue weighted by atomic mass is 16.7. The van der Waals surface area contributed by atoms with E-state index in [9.17, 15) is 20.4 Å². The van der Waals surface area contributed by atoms with Gasteiger partial charge in [-0.05, 0) is 87.4 Å². The molecule has 6 aliphatic rings. The van der Waals surface area contributed by atoms with E-state index in [1.165, 1.54) is 12.8 Å². The number of hydrogen-bond acceptors (Lipinski definition) is 9. The number of fused-ring (bicyclic) bond motifs is 2. The van der Waals surface area contributed by atoms with E-state index in [0.717, 1.165) is 32.1 Å². The normalized spacial score (nSPS) is 51.1. The molecule has 268 valence electrons. The van der Waals surface area contributed by atoms with Crippen LogP contribution in [0.25, 0.3) is 0 Å². The molecule has 5 fully saturated rings. The van der Waals surface area contributed by atoms with Crippen LogP contribution in [0.5, 0.6) is 0 Å². The molecule has 1 unspecified atom stereocenters. The van der Waals surface area contributed by atoms with Gasteiger partial charge in [0.25, 0.3) is 0 Å². The molecule has 0 amide bonds. The van der Waals surface area contributed by atoms with Crippen molar-refractivity contribution in [2.45, 2.75) is 148 Å². The van der Waals surface area contributed by atoms with Gasteiger partial charge in [-0.2, -0.15) is 0 Å². The largest absolute Gasteiger partial charge is 0.394 e. The second-order valence-corrected chi connectivity index (χ2v) is 17.5. The van der Waals surface area contributed by atoms with Crippen LogP contribution in [0.3, 0.4) is 0 Å². The van der Waals surface area contributed by atoms with Crippen LogP contribution in [-0.2, 0) is 23.7 Å². The van der Waals surface area contributed by atoms with Gasteiger partial charge < -0.3 is 44.1 Å². The maximum atomic E-state index is 10.8. The van der Waals surface area contributed by atoms with Gasteiger partial charge in [0.2, 0.25) is 0 Å². The summed E-state index contributed by atoms with van der Waals surface area (Å²) in [4.78, 5) is 0. The van der Waals surface area contributed by atoms with Crippen molar-refractivity contribution >= 4 is 0 Å². The van der Waals surface area contributed by atoms with E-state index in [-0.39, 0.29) is 40.2 Å². The zero-order chi connectivity index (χ0) is 34.4. The Morgan fingerprint density at radius 2 is 1.68 bits per heavy atom. The third-order valence-corrected chi connectivity index (χ3v) is 15.0. The maximum absolute atomic E-state index is 10.8. The van der Waals surface area contributed by atoms with Crippen molar-refractivity contribution in [3.63, 3.8) is 0 Å². The van der Waals surface area contributed by atoms with E-state index < -0.39 is 48.3 Å². The van der Waals surface area contributed by atoms with E-state index in [1.807, 2.05) is 0 Å². The second-order valence-electron chi connectivity index (χ2n) is 17.5. The summed E-state index contributed by atoms with van der Waals surface area (Å²) in [6.07, 6.45) is 9.34. The van der Waals surface area contributed by atoms with Gasteiger partial charge in [0.15, 0.2) is 12.6 Å². The first-order chi connectivity index (χ1) is 22.0. The maximum Gasteiger partial charge on any atom is 0.186 e. The molecule has 0 aromatic carbocycles. The average Bonchev–Trinajstić information content (AvgIpc) is 3.41. The van der Waals surface area contributed by atoms with Crippen molar-refractivity contribution in [2.24, 2.45) is 45.3 Å². The number of ether oxygens (including phenoxy) is 5. The predicted octanol–water partition coefficient (Wildman–Crippen LogP) is 4.75. The highest BCUT2D eigenvalue weighted by Crippen LogP contribution is 2.79. The zero-order valence-corrected chi connectivity index (χ0v) is 30.1. The standard InChI is InChI=1S/C38H62O9/c1-22(11-10-16-33(2,3)44-9)23-14-17-36(7)25-15-18-38-26(37(25,32(43-8)47-38)20-19-35(23,36)6)12-13-27(34(38,4)5)46-31-30(42)29(41)28(40)24(21-39)45-31/h10,15-16,18,22-32,39-42H,11-14,17,19-21H2,1-9H3/b16-10+/t22-,23-,24-,25+,26+,27+,28-,29+,30-,31+,32-,35-,36+,37?,38+/m1/s1. The summed E-state index contributed by atoms with van der Waals surface area (Å²) in [7, 11) is 3.56. The minimum absolute atomic E-state index is 0.0979. The quantitative estimate of drug-likeness (QED) is 0.259. The Labute approximate surface area is 282 Å². The van der Waals surface area contributed by atoms with Gasteiger partial charge in [-0.15, -0.1) is 0 Å². The number of methoxy groups -OCH3 is 2. The van der Waals surface area contributed by atoms with Crippen LogP contribution in [-0.4, -0.2) is 95.6 Å². The number of aliphatic hydroxyl groups excluding tert-OH is 4. The highest BCUT2D eigenvalue weighted by molar-refractivity contribution is 5.34. The number of aliphatic hydroxyl groups is 4. The fourth-order valence-electron chi connectivity index (χ4n) is 11.9. The second kappa shape index (κ2) is 12.1. The third-order valence-electron chi connectivity index (χ3n) is 15.0. The molecule has 2 heterocycles. The Hall–Kier alpha value is -0.880. The molecule has 15 atom stereocenters. The summed E-state index contributed by atoms with van der Waals surface area (Å²) in [6, 6.07) is 0. The Morgan fingerprint density at radius 1 is 0.957 bits per heavy atom. The van der Waals surface area contributed by atoms with Crippen molar-refractivity contribution in [1.82, 2.24) is 0 Å². The summed E-state index contributed by atoms with van der Waals surface area (Å²) >= 11 is 0. The number of hydrogen-bond donors (Lipinski definition) is 4. The lowest BCUT2D eigenvalue weighted by Crippen LogP contribution is -2.66. The fourth-order valence-corrected chi connectivity index (χ4v) is 11.9. The molecule has 3 saturated carbocycles. The van der Waals surface area contributed by atoms with Gasteiger partial charge in [0, 0.05) is 31.0 Å². The summed E-state index contributed by atoms with van der Waals surface area (Å²) in [5, 5.41) is 41.3. The Balaban J connectivity index is 1.29. The minimum atomic E-state index is -1.48. The first-order valence-electron chi connectivity index (χ1n) is 18.1. The molecule has 4 aliphatic carbocycles. The van der Waals surface area contributed by atoms with E-state index >= 15 is 0 Å².